The Morgan fingerprint density at radius 3 is 2.73 bits per heavy atom. The lowest BCUT2D eigenvalue weighted by Crippen LogP contribution is -2.19. The maximum atomic E-state index is 12.3. The monoisotopic (exact) mass is 213 g/mol. The number of nitriles is 1. The molecule has 0 amide bonds. The molecule has 80 valence electrons. The van der Waals surface area contributed by atoms with Crippen molar-refractivity contribution in [2.75, 3.05) is 0 Å². The Labute approximate surface area is 84.3 Å². The fourth-order valence-corrected chi connectivity index (χ4v) is 1.24. The summed E-state index contributed by atoms with van der Waals surface area (Å²) in [5, 5.41) is 8.45. The van der Waals surface area contributed by atoms with Gasteiger partial charge >= 0.3 is 0 Å². The molecule has 3 N–H and O–H groups in total. The van der Waals surface area contributed by atoms with Crippen LogP contribution >= 0.6 is 0 Å². The zero-order chi connectivity index (χ0) is 11.4. The maximum Gasteiger partial charge on any atom is 0.278 e. The van der Waals surface area contributed by atoms with E-state index >= 15 is 0 Å². The van der Waals surface area contributed by atoms with Gasteiger partial charge in [-0.1, -0.05) is 0 Å². The van der Waals surface area contributed by atoms with E-state index in [2.05, 4.69) is 0 Å². The molecule has 0 saturated heterocycles. The first-order chi connectivity index (χ1) is 7.10. The van der Waals surface area contributed by atoms with Crippen LogP contribution < -0.4 is 11.3 Å². The van der Waals surface area contributed by atoms with Crippen molar-refractivity contribution >= 4 is 0 Å². The van der Waals surface area contributed by atoms with Crippen molar-refractivity contribution in [2.45, 2.75) is 19.4 Å². The van der Waals surface area contributed by atoms with Gasteiger partial charge in [0.15, 0.2) is 0 Å². The lowest BCUT2D eigenvalue weighted by molar-refractivity contribution is 0.145. The molecule has 4 nitrogen and oxygen atoms in total. The highest BCUT2D eigenvalue weighted by Gasteiger charge is 2.13. The van der Waals surface area contributed by atoms with Gasteiger partial charge in [-0.3, -0.25) is 4.79 Å². The van der Waals surface area contributed by atoms with E-state index in [4.69, 9.17) is 11.0 Å². The molecule has 0 saturated carbocycles. The van der Waals surface area contributed by atoms with E-state index in [9.17, 15) is 13.6 Å². The second kappa shape index (κ2) is 4.66. The molecule has 0 atom stereocenters. The minimum Gasteiger partial charge on any atom is -0.326 e. The van der Waals surface area contributed by atoms with E-state index in [0.717, 1.165) is 6.07 Å². The fraction of sp³-hybridized carbons (Fsp3) is 0.333. The van der Waals surface area contributed by atoms with Gasteiger partial charge in [0.2, 0.25) is 0 Å². The minimum absolute atomic E-state index is 0.0410. The van der Waals surface area contributed by atoms with E-state index in [1.807, 2.05) is 4.98 Å². The molecular weight excluding hydrogens is 204 g/mol. The summed E-state index contributed by atoms with van der Waals surface area (Å²) in [5.41, 5.74) is 4.61. The van der Waals surface area contributed by atoms with E-state index in [-0.39, 0.29) is 24.1 Å². The first kappa shape index (κ1) is 11.3. The van der Waals surface area contributed by atoms with Gasteiger partial charge in [-0.15, -0.1) is 0 Å². The molecule has 0 aliphatic carbocycles. The largest absolute Gasteiger partial charge is 0.326 e. The lowest BCUT2D eigenvalue weighted by Gasteiger charge is -2.06. The highest BCUT2D eigenvalue weighted by atomic mass is 19.3. The van der Waals surface area contributed by atoms with E-state index in [1.165, 1.54) is 0 Å². The number of pyridine rings is 1. The van der Waals surface area contributed by atoms with Crippen LogP contribution in [0.1, 0.15) is 23.2 Å². The van der Waals surface area contributed by atoms with Crippen molar-refractivity contribution in [3.05, 3.63) is 33.2 Å². The van der Waals surface area contributed by atoms with Crippen molar-refractivity contribution in [2.24, 2.45) is 5.73 Å². The number of rotatable bonds is 3. The number of halogens is 2. The van der Waals surface area contributed by atoms with Gasteiger partial charge in [0.25, 0.3) is 12.0 Å². The van der Waals surface area contributed by atoms with Crippen LogP contribution in [0.25, 0.3) is 0 Å². The Balaban J connectivity index is 3.32. The number of hydrogen-bond donors (Lipinski definition) is 2. The molecule has 0 aliphatic heterocycles. The van der Waals surface area contributed by atoms with Gasteiger partial charge in [-0.2, -0.15) is 5.26 Å². The molecule has 1 heterocycles. The average molecular weight is 213 g/mol. The Kier molecular flexibility index (Phi) is 3.52. The van der Waals surface area contributed by atoms with Crippen LogP contribution in [0.15, 0.2) is 10.9 Å². The van der Waals surface area contributed by atoms with Crippen LogP contribution in [0.4, 0.5) is 8.78 Å². The Morgan fingerprint density at radius 1 is 1.60 bits per heavy atom. The van der Waals surface area contributed by atoms with Gasteiger partial charge in [0.05, 0.1) is 18.2 Å². The molecule has 1 aromatic rings. The zero-order valence-corrected chi connectivity index (χ0v) is 7.76. The summed E-state index contributed by atoms with van der Waals surface area (Å²) >= 11 is 0. The van der Waals surface area contributed by atoms with E-state index in [1.54, 1.807) is 6.07 Å². The molecule has 0 radical (unpaired) electrons. The molecule has 0 bridgehead atoms. The molecule has 1 aromatic heterocycles. The predicted molar refractivity (Wildman–Crippen MR) is 49.2 cm³/mol. The molecule has 0 aliphatic rings. The predicted octanol–water partition coefficient (Wildman–Crippen LogP) is 0.837. The third-order valence-corrected chi connectivity index (χ3v) is 1.96. The summed E-state index contributed by atoms with van der Waals surface area (Å²) in [6.07, 6.45) is -2.88. The molecular formula is C9H9F2N3O. The van der Waals surface area contributed by atoms with Crippen molar-refractivity contribution in [3.63, 3.8) is 0 Å². The molecule has 0 fully saturated rings. The molecule has 0 spiro atoms. The number of hydrogen-bond acceptors (Lipinski definition) is 3. The molecule has 15 heavy (non-hydrogen) atoms. The topological polar surface area (TPSA) is 82.7 Å². The standard InChI is InChI=1S/C9H9F2N3O/c10-8(11)7-3-5(4-13)6(1-2-12)9(15)14-7/h3,8H,1,4,13H2,(H,14,15). The fourth-order valence-electron chi connectivity index (χ4n) is 1.24. The van der Waals surface area contributed by atoms with Crippen molar-refractivity contribution < 1.29 is 8.78 Å². The van der Waals surface area contributed by atoms with Gasteiger partial charge in [-0.25, -0.2) is 8.78 Å². The Morgan fingerprint density at radius 2 is 2.27 bits per heavy atom. The molecule has 0 unspecified atom stereocenters. The number of nitrogens with two attached hydrogens (primary N) is 1. The van der Waals surface area contributed by atoms with Gasteiger partial charge in [-0.05, 0) is 11.6 Å². The minimum atomic E-state index is -2.75. The number of aromatic nitrogens is 1. The van der Waals surface area contributed by atoms with E-state index < -0.39 is 17.7 Å². The quantitative estimate of drug-likeness (QED) is 0.780. The highest BCUT2D eigenvalue weighted by molar-refractivity contribution is 5.29. The summed E-state index contributed by atoms with van der Waals surface area (Å²) in [6.45, 7) is -0.0410. The summed E-state index contributed by atoms with van der Waals surface area (Å²) in [7, 11) is 0. The lowest BCUT2D eigenvalue weighted by atomic mass is 10.1. The van der Waals surface area contributed by atoms with Gasteiger partial charge in [0.1, 0.15) is 0 Å². The number of H-pyrrole nitrogens is 1. The molecule has 0 aromatic carbocycles. The summed E-state index contributed by atoms with van der Waals surface area (Å²) in [5.74, 6) is 0. The Bertz CT molecular complexity index is 448. The average Bonchev–Trinajstić information content (AvgIpc) is 2.20. The normalized spacial score (nSPS) is 10.3. The third-order valence-electron chi connectivity index (χ3n) is 1.96. The number of nitrogens with zero attached hydrogens (tertiary/aromatic N) is 1. The summed E-state index contributed by atoms with van der Waals surface area (Å²) < 4.78 is 24.6. The third kappa shape index (κ3) is 2.39. The molecule has 1 rings (SSSR count). The van der Waals surface area contributed by atoms with Crippen LogP contribution in [0.3, 0.4) is 0 Å². The van der Waals surface area contributed by atoms with Crippen LogP contribution in [0, 0.1) is 11.3 Å². The van der Waals surface area contributed by atoms with Crippen LogP contribution in [0.5, 0.6) is 0 Å². The summed E-state index contributed by atoms with van der Waals surface area (Å²) in [4.78, 5) is 13.3. The highest BCUT2D eigenvalue weighted by Crippen LogP contribution is 2.17. The number of alkyl halides is 2. The maximum absolute atomic E-state index is 12.3. The zero-order valence-electron chi connectivity index (χ0n) is 7.76. The van der Waals surface area contributed by atoms with Crippen molar-refractivity contribution in [3.8, 4) is 6.07 Å². The second-order valence-electron chi connectivity index (χ2n) is 2.90. The summed E-state index contributed by atoms with van der Waals surface area (Å²) in [6, 6.07) is 2.91. The van der Waals surface area contributed by atoms with Crippen LogP contribution in [-0.4, -0.2) is 4.98 Å². The van der Waals surface area contributed by atoms with E-state index in [0.29, 0.717) is 0 Å². The Hall–Kier alpha value is -1.74. The second-order valence-corrected chi connectivity index (χ2v) is 2.90. The first-order valence-corrected chi connectivity index (χ1v) is 4.20. The van der Waals surface area contributed by atoms with Crippen molar-refractivity contribution in [1.29, 1.82) is 5.26 Å². The molecule has 6 heteroatoms. The van der Waals surface area contributed by atoms with Gasteiger partial charge in [0, 0.05) is 12.1 Å². The SMILES string of the molecule is N#CCc1c(CN)cc(C(F)F)[nH]c1=O. The first-order valence-electron chi connectivity index (χ1n) is 4.20. The van der Waals surface area contributed by atoms with Crippen LogP contribution in [-0.2, 0) is 13.0 Å². The number of nitrogens with one attached hydrogen (secondary N) is 1. The smallest absolute Gasteiger partial charge is 0.278 e. The van der Waals surface area contributed by atoms with Crippen molar-refractivity contribution in [1.82, 2.24) is 4.98 Å². The number of aromatic amines is 1. The van der Waals surface area contributed by atoms with Crippen LogP contribution in [0.2, 0.25) is 0 Å². The van der Waals surface area contributed by atoms with Gasteiger partial charge < -0.3 is 10.7 Å².